The molecule has 0 amide bonds. The van der Waals surface area contributed by atoms with Crippen LogP contribution in [-0.4, -0.2) is 31.5 Å². The van der Waals surface area contributed by atoms with E-state index in [1.54, 1.807) is 7.11 Å². The third kappa shape index (κ3) is 2.07. The monoisotopic (exact) mass is 154 g/mol. The van der Waals surface area contributed by atoms with E-state index < -0.39 is 0 Å². The van der Waals surface area contributed by atoms with E-state index in [-0.39, 0.29) is 0 Å². The summed E-state index contributed by atoms with van der Waals surface area (Å²) in [5, 5.41) is 0. The third-order valence-electron chi connectivity index (χ3n) is 2.02. The smallest absolute Gasteiger partial charge is 0.178 e. The molecule has 0 spiro atoms. The molecule has 1 aliphatic rings. The predicted molar refractivity (Wildman–Crippen MR) is 46.1 cm³/mol. The standard InChI is InChI=1S/C9H16NO/c1-10(2)8-5-4-6-9(7-8)11-3/h7H,4-6H2,1-3H3/q+1. The Morgan fingerprint density at radius 3 is 2.64 bits per heavy atom. The number of nitrogens with zero attached hydrogens (tertiary/aromatic N) is 1. The average Bonchev–Trinajstić information content (AvgIpc) is 2.05. The van der Waals surface area contributed by atoms with Crippen molar-refractivity contribution in [1.29, 1.82) is 0 Å². The van der Waals surface area contributed by atoms with E-state index in [1.807, 2.05) is 0 Å². The van der Waals surface area contributed by atoms with Gasteiger partial charge in [-0.2, -0.15) is 0 Å². The Hall–Kier alpha value is -0.790. The minimum absolute atomic E-state index is 1.09. The zero-order chi connectivity index (χ0) is 8.27. The number of methoxy groups -OCH3 is 1. The van der Waals surface area contributed by atoms with Gasteiger partial charge in [-0.1, -0.05) is 0 Å². The Morgan fingerprint density at radius 2 is 2.09 bits per heavy atom. The summed E-state index contributed by atoms with van der Waals surface area (Å²) >= 11 is 0. The fraction of sp³-hybridized carbons (Fsp3) is 0.667. The van der Waals surface area contributed by atoms with Crippen molar-refractivity contribution in [2.24, 2.45) is 0 Å². The van der Waals surface area contributed by atoms with Crippen molar-refractivity contribution in [1.82, 2.24) is 0 Å². The fourth-order valence-corrected chi connectivity index (χ4v) is 1.29. The molecule has 11 heavy (non-hydrogen) atoms. The molecule has 0 bridgehead atoms. The Morgan fingerprint density at radius 1 is 1.36 bits per heavy atom. The Balaban J connectivity index is 2.79. The van der Waals surface area contributed by atoms with Gasteiger partial charge in [0.2, 0.25) is 0 Å². The highest BCUT2D eigenvalue weighted by Gasteiger charge is 2.13. The number of ether oxygens (including phenoxy) is 1. The lowest BCUT2D eigenvalue weighted by molar-refractivity contribution is -0.465. The molecule has 62 valence electrons. The van der Waals surface area contributed by atoms with Crippen molar-refractivity contribution in [3.63, 3.8) is 0 Å². The van der Waals surface area contributed by atoms with Crippen LogP contribution in [-0.2, 0) is 4.74 Å². The molecule has 1 aliphatic carbocycles. The van der Waals surface area contributed by atoms with Gasteiger partial charge in [-0.05, 0) is 6.42 Å². The highest BCUT2D eigenvalue weighted by molar-refractivity contribution is 5.91. The Bertz CT molecular complexity index is 200. The first-order valence-electron chi connectivity index (χ1n) is 4.01. The summed E-state index contributed by atoms with van der Waals surface area (Å²) < 4.78 is 7.34. The molecule has 0 saturated heterocycles. The first kappa shape index (κ1) is 8.31. The summed E-state index contributed by atoms with van der Waals surface area (Å²) in [5.74, 6) is 1.11. The van der Waals surface area contributed by atoms with Gasteiger partial charge in [0.05, 0.1) is 7.11 Å². The number of rotatable bonds is 1. The van der Waals surface area contributed by atoms with Crippen LogP contribution in [0.5, 0.6) is 0 Å². The Labute approximate surface area is 68.2 Å². The number of allylic oxidation sites excluding steroid dienone is 2. The van der Waals surface area contributed by atoms with Gasteiger partial charge in [0.1, 0.15) is 19.9 Å². The highest BCUT2D eigenvalue weighted by Crippen LogP contribution is 2.15. The molecule has 0 N–H and O–H groups in total. The van der Waals surface area contributed by atoms with Crippen LogP contribution in [0, 0.1) is 0 Å². The van der Waals surface area contributed by atoms with E-state index in [0.717, 1.165) is 12.2 Å². The lowest BCUT2D eigenvalue weighted by atomic mass is 10.0. The third-order valence-corrected chi connectivity index (χ3v) is 2.02. The zero-order valence-corrected chi connectivity index (χ0v) is 7.55. The molecule has 0 aromatic rings. The van der Waals surface area contributed by atoms with Crippen LogP contribution in [0.3, 0.4) is 0 Å². The van der Waals surface area contributed by atoms with Gasteiger partial charge in [0, 0.05) is 18.9 Å². The van der Waals surface area contributed by atoms with Crippen molar-refractivity contribution in [2.45, 2.75) is 19.3 Å². The molecule has 2 heteroatoms. The van der Waals surface area contributed by atoms with Gasteiger partial charge in [-0.15, -0.1) is 0 Å². The van der Waals surface area contributed by atoms with Crippen LogP contribution in [0.15, 0.2) is 11.8 Å². The molecule has 0 aliphatic heterocycles. The second-order valence-electron chi connectivity index (χ2n) is 3.05. The lowest BCUT2D eigenvalue weighted by Gasteiger charge is -2.10. The molecule has 0 radical (unpaired) electrons. The SMILES string of the molecule is COC1=CC(=[N+](C)C)CCC1. The Kier molecular flexibility index (Phi) is 2.69. The minimum atomic E-state index is 1.09. The maximum atomic E-state index is 5.19. The molecule has 0 saturated carbocycles. The summed E-state index contributed by atoms with van der Waals surface area (Å²) in [4.78, 5) is 0. The zero-order valence-electron chi connectivity index (χ0n) is 7.55. The van der Waals surface area contributed by atoms with Crippen molar-refractivity contribution < 1.29 is 9.31 Å². The maximum Gasteiger partial charge on any atom is 0.178 e. The molecule has 0 atom stereocenters. The van der Waals surface area contributed by atoms with Gasteiger partial charge in [-0.3, -0.25) is 0 Å². The summed E-state index contributed by atoms with van der Waals surface area (Å²) in [6, 6.07) is 0. The first-order chi connectivity index (χ1) is 5.24. The summed E-state index contributed by atoms with van der Waals surface area (Å²) in [6.07, 6.45) is 5.63. The van der Waals surface area contributed by atoms with Gasteiger partial charge < -0.3 is 4.74 Å². The van der Waals surface area contributed by atoms with Gasteiger partial charge in [0.15, 0.2) is 5.71 Å². The van der Waals surface area contributed by atoms with Crippen LogP contribution < -0.4 is 0 Å². The van der Waals surface area contributed by atoms with Crippen LogP contribution in [0.25, 0.3) is 0 Å². The predicted octanol–water partition coefficient (Wildman–Crippen LogP) is 1.41. The van der Waals surface area contributed by atoms with E-state index in [4.69, 9.17) is 4.74 Å². The minimum Gasteiger partial charge on any atom is -0.501 e. The molecule has 0 aromatic carbocycles. The van der Waals surface area contributed by atoms with Crippen molar-refractivity contribution in [3.8, 4) is 0 Å². The molecule has 0 heterocycles. The summed E-state index contributed by atoms with van der Waals surface area (Å²) in [6.45, 7) is 0. The molecule has 2 nitrogen and oxygen atoms in total. The summed E-state index contributed by atoms with van der Waals surface area (Å²) in [7, 11) is 5.89. The van der Waals surface area contributed by atoms with E-state index in [0.29, 0.717) is 0 Å². The molecule has 0 aromatic heterocycles. The first-order valence-corrected chi connectivity index (χ1v) is 4.01. The number of hydrogen-bond donors (Lipinski definition) is 0. The highest BCUT2D eigenvalue weighted by atomic mass is 16.5. The number of hydrogen-bond acceptors (Lipinski definition) is 1. The van der Waals surface area contributed by atoms with E-state index >= 15 is 0 Å². The van der Waals surface area contributed by atoms with Crippen molar-refractivity contribution >= 4 is 5.71 Å². The van der Waals surface area contributed by atoms with Crippen molar-refractivity contribution in [2.75, 3.05) is 21.2 Å². The van der Waals surface area contributed by atoms with E-state index in [2.05, 4.69) is 24.7 Å². The van der Waals surface area contributed by atoms with Gasteiger partial charge in [0.25, 0.3) is 0 Å². The second kappa shape index (κ2) is 3.56. The largest absolute Gasteiger partial charge is 0.501 e. The normalized spacial score (nSPS) is 17.7. The lowest BCUT2D eigenvalue weighted by Crippen LogP contribution is -2.15. The van der Waals surface area contributed by atoms with E-state index in [1.165, 1.54) is 18.6 Å². The van der Waals surface area contributed by atoms with Crippen LogP contribution in [0.2, 0.25) is 0 Å². The summed E-state index contributed by atoms with van der Waals surface area (Å²) in [5.41, 5.74) is 1.37. The van der Waals surface area contributed by atoms with Crippen LogP contribution >= 0.6 is 0 Å². The van der Waals surface area contributed by atoms with Crippen LogP contribution in [0.1, 0.15) is 19.3 Å². The van der Waals surface area contributed by atoms with Crippen LogP contribution in [0.4, 0.5) is 0 Å². The molecular weight excluding hydrogens is 138 g/mol. The maximum absolute atomic E-state index is 5.19. The molecule has 0 unspecified atom stereocenters. The fourth-order valence-electron chi connectivity index (χ4n) is 1.29. The molecule has 1 rings (SSSR count). The average molecular weight is 154 g/mol. The van der Waals surface area contributed by atoms with Gasteiger partial charge >= 0.3 is 0 Å². The quantitative estimate of drug-likeness (QED) is 0.520. The molecule has 0 fully saturated rings. The van der Waals surface area contributed by atoms with E-state index in [9.17, 15) is 0 Å². The van der Waals surface area contributed by atoms with Gasteiger partial charge in [-0.25, -0.2) is 4.58 Å². The second-order valence-corrected chi connectivity index (χ2v) is 3.05. The topological polar surface area (TPSA) is 12.2 Å². The molecular formula is C9H16NO+. The van der Waals surface area contributed by atoms with Crippen molar-refractivity contribution in [3.05, 3.63) is 11.8 Å².